The van der Waals surface area contributed by atoms with Gasteiger partial charge in [0.1, 0.15) is 11.5 Å². The molecule has 2 aromatic heterocycles. The van der Waals surface area contributed by atoms with Gasteiger partial charge in [0.2, 0.25) is 0 Å². The molecule has 4 aromatic rings. The number of likely N-dealkylation sites (tertiary alicyclic amines) is 1. The number of hydrogen-bond donors (Lipinski definition) is 3. The smallest absolute Gasteiger partial charge is 0.157 e. The number of H-pyrrole nitrogens is 1. The van der Waals surface area contributed by atoms with E-state index in [0.29, 0.717) is 16.9 Å². The number of halogens is 1. The molecule has 0 radical (unpaired) electrons. The second-order valence-corrected chi connectivity index (χ2v) is 11.4. The minimum atomic E-state index is -0.273. The summed E-state index contributed by atoms with van der Waals surface area (Å²) in [5.41, 5.74) is 9.52. The second kappa shape index (κ2) is 13.8. The van der Waals surface area contributed by atoms with Crippen molar-refractivity contribution >= 4 is 22.3 Å². The molecule has 226 valence electrons. The number of aromatic amines is 1. The minimum Gasteiger partial charge on any atom is -0.359 e. The maximum absolute atomic E-state index is 14.9. The Balaban J connectivity index is 1.47. The highest BCUT2D eigenvalue weighted by Crippen LogP contribution is 2.30. The molecule has 1 aliphatic heterocycles. The van der Waals surface area contributed by atoms with Crippen LogP contribution in [0.5, 0.6) is 0 Å². The largest absolute Gasteiger partial charge is 0.359 e. The molecule has 1 saturated heterocycles. The fourth-order valence-corrected chi connectivity index (χ4v) is 5.67. The van der Waals surface area contributed by atoms with E-state index in [1.807, 2.05) is 51.1 Å². The summed E-state index contributed by atoms with van der Waals surface area (Å²) in [6, 6.07) is 11.3. The summed E-state index contributed by atoms with van der Waals surface area (Å²) >= 11 is 0. The van der Waals surface area contributed by atoms with Crippen molar-refractivity contribution in [2.24, 2.45) is 0 Å². The zero-order chi connectivity index (χ0) is 31.2. The van der Waals surface area contributed by atoms with Gasteiger partial charge in [0.05, 0.1) is 17.2 Å². The Bertz CT molecular complexity index is 1770. The molecule has 3 N–H and O–H groups in total. The Kier molecular flexibility index (Phi) is 9.65. The lowest BCUT2D eigenvalue weighted by molar-refractivity contribution is 0.220. The zero-order valence-corrected chi connectivity index (χ0v) is 25.9. The normalized spacial score (nSPS) is 14.5. The van der Waals surface area contributed by atoms with Crippen LogP contribution in [0.15, 0.2) is 91.6 Å². The van der Waals surface area contributed by atoms with Crippen molar-refractivity contribution < 1.29 is 4.39 Å². The van der Waals surface area contributed by atoms with Crippen molar-refractivity contribution in [2.45, 2.75) is 53.0 Å². The summed E-state index contributed by atoms with van der Waals surface area (Å²) in [5, 5.41) is 12.5. The molecule has 0 amide bonds. The number of fused-ring (bicyclic) bond motifs is 1. The van der Waals surface area contributed by atoms with Gasteiger partial charge in [-0.2, -0.15) is 0 Å². The van der Waals surface area contributed by atoms with Crippen molar-refractivity contribution in [3.05, 3.63) is 125 Å². The number of hydrogen-bond acceptors (Lipinski definition) is 5. The molecular weight excluding hydrogens is 547 g/mol. The fraction of sp³-hybridized carbons (Fsp3) is 0.270. The molecule has 2 aromatic carbocycles. The lowest BCUT2D eigenvalue weighted by atomic mass is 9.96. The number of nitrogens with one attached hydrogen (secondary N) is 3. The molecular formula is C37H41FN6. The number of piperidine rings is 1. The van der Waals surface area contributed by atoms with E-state index in [2.05, 4.69) is 39.4 Å². The van der Waals surface area contributed by atoms with Gasteiger partial charge in [0.15, 0.2) is 5.82 Å². The second-order valence-electron chi connectivity index (χ2n) is 11.4. The van der Waals surface area contributed by atoms with Gasteiger partial charge in [0, 0.05) is 35.3 Å². The summed E-state index contributed by atoms with van der Waals surface area (Å²) < 4.78 is 14.9. The third kappa shape index (κ3) is 6.95. The van der Waals surface area contributed by atoms with Gasteiger partial charge in [-0.15, -0.1) is 0 Å². The molecule has 0 saturated carbocycles. The lowest BCUT2D eigenvalue weighted by Gasteiger charge is -2.26. The summed E-state index contributed by atoms with van der Waals surface area (Å²) in [6.45, 7) is 16.8. The molecule has 5 rings (SSSR count). The van der Waals surface area contributed by atoms with Crippen LogP contribution < -0.4 is 5.32 Å². The molecule has 3 heterocycles. The lowest BCUT2D eigenvalue weighted by Crippen LogP contribution is -2.29. The maximum atomic E-state index is 14.9. The van der Waals surface area contributed by atoms with Crippen LogP contribution in [0.25, 0.3) is 27.7 Å². The average Bonchev–Trinajstić information content (AvgIpc) is 3.48. The zero-order valence-electron chi connectivity index (χ0n) is 25.9. The number of pyridine rings is 1. The van der Waals surface area contributed by atoms with Crippen LogP contribution in [0.1, 0.15) is 67.6 Å². The average molecular weight is 589 g/mol. The maximum Gasteiger partial charge on any atom is 0.157 e. The molecule has 1 aliphatic rings. The van der Waals surface area contributed by atoms with Crippen molar-refractivity contribution in [1.82, 2.24) is 25.2 Å². The van der Waals surface area contributed by atoms with Gasteiger partial charge in [-0.3, -0.25) is 15.3 Å². The Morgan fingerprint density at radius 1 is 1.14 bits per heavy atom. The Morgan fingerprint density at radius 3 is 2.66 bits per heavy atom. The standard InChI is InChI=1S/C37H41FN6/c1-6-25(5)41-31(8-3)19-27(7-2)28-13-12-24(4)32(20-28)35(39)37-42-34-22-40-21-33(36(34)43-37)29-16-26(17-30(38)18-29)23-44-14-10-9-11-15-44/h7-8,12-13,16-22,39,41H,3,5-6,9-11,14-15,23H2,1-2,4H3,(H,42,43)/b27-7+,31-19+,39-35?. The van der Waals surface area contributed by atoms with Gasteiger partial charge in [0.25, 0.3) is 0 Å². The molecule has 0 bridgehead atoms. The van der Waals surface area contributed by atoms with Gasteiger partial charge in [-0.1, -0.05) is 44.7 Å². The van der Waals surface area contributed by atoms with E-state index in [4.69, 9.17) is 10.4 Å². The number of rotatable bonds is 11. The van der Waals surface area contributed by atoms with Gasteiger partial charge in [-0.25, -0.2) is 9.37 Å². The van der Waals surface area contributed by atoms with Crippen LogP contribution in [-0.2, 0) is 6.54 Å². The van der Waals surface area contributed by atoms with E-state index in [9.17, 15) is 4.39 Å². The van der Waals surface area contributed by atoms with Crippen LogP contribution in [-0.4, -0.2) is 38.7 Å². The number of aromatic nitrogens is 3. The number of benzene rings is 2. The number of imidazole rings is 1. The highest BCUT2D eigenvalue weighted by Gasteiger charge is 2.18. The minimum absolute atomic E-state index is 0.273. The monoisotopic (exact) mass is 588 g/mol. The van der Waals surface area contributed by atoms with Gasteiger partial charge in [-0.05, 0) is 110 Å². The first-order chi connectivity index (χ1) is 21.3. The Morgan fingerprint density at radius 2 is 1.93 bits per heavy atom. The van der Waals surface area contributed by atoms with Crippen molar-refractivity contribution in [3.63, 3.8) is 0 Å². The highest BCUT2D eigenvalue weighted by atomic mass is 19.1. The Hall–Kier alpha value is -4.62. The van der Waals surface area contributed by atoms with E-state index in [-0.39, 0.29) is 11.5 Å². The van der Waals surface area contributed by atoms with Crippen LogP contribution in [0.2, 0.25) is 0 Å². The van der Waals surface area contributed by atoms with Gasteiger partial charge < -0.3 is 10.3 Å². The van der Waals surface area contributed by atoms with E-state index in [1.54, 1.807) is 24.5 Å². The van der Waals surface area contributed by atoms with Crippen LogP contribution in [0.3, 0.4) is 0 Å². The van der Waals surface area contributed by atoms with Gasteiger partial charge >= 0.3 is 0 Å². The van der Waals surface area contributed by atoms with E-state index < -0.39 is 0 Å². The fourth-order valence-electron chi connectivity index (χ4n) is 5.67. The third-order valence-corrected chi connectivity index (χ3v) is 8.18. The van der Waals surface area contributed by atoms with Crippen LogP contribution in [0.4, 0.5) is 4.39 Å². The summed E-state index contributed by atoms with van der Waals surface area (Å²) in [7, 11) is 0. The molecule has 6 nitrogen and oxygen atoms in total. The predicted molar refractivity (Wildman–Crippen MR) is 180 cm³/mol. The predicted octanol–water partition coefficient (Wildman–Crippen LogP) is 8.46. The number of nitrogens with zero attached hydrogens (tertiary/aromatic N) is 3. The SMILES string of the molecule is C=C/C(=C\C(=C/C)c1ccc(C)c(C(=N)c2nc3c(-c4cc(F)cc(CN5CCCCC5)c4)cncc3[nH]2)c1)NC(=C)CC. The first kappa shape index (κ1) is 30.8. The van der Waals surface area contributed by atoms with E-state index in [0.717, 1.165) is 76.4 Å². The van der Waals surface area contributed by atoms with E-state index >= 15 is 0 Å². The topological polar surface area (TPSA) is 80.7 Å². The summed E-state index contributed by atoms with van der Waals surface area (Å²) in [4.78, 5) is 15.0. The summed E-state index contributed by atoms with van der Waals surface area (Å²) in [5.74, 6) is 0.162. The van der Waals surface area contributed by atoms with Crippen LogP contribution >= 0.6 is 0 Å². The quantitative estimate of drug-likeness (QED) is 0.121. The molecule has 0 aliphatic carbocycles. The van der Waals surface area contributed by atoms with Crippen molar-refractivity contribution in [3.8, 4) is 11.1 Å². The van der Waals surface area contributed by atoms with Crippen molar-refractivity contribution in [2.75, 3.05) is 13.1 Å². The molecule has 1 fully saturated rings. The third-order valence-electron chi connectivity index (χ3n) is 8.18. The molecule has 0 unspecified atom stereocenters. The van der Waals surface area contributed by atoms with Crippen molar-refractivity contribution in [1.29, 1.82) is 5.41 Å². The van der Waals surface area contributed by atoms with E-state index in [1.165, 1.54) is 25.3 Å². The molecule has 44 heavy (non-hydrogen) atoms. The molecule has 0 spiro atoms. The molecule has 7 heteroatoms. The highest BCUT2D eigenvalue weighted by molar-refractivity contribution is 6.11. The first-order valence-corrected chi connectivity index (χ1v) is 15.3. The first-order valence-electron chi connectivity index (χ1n) is 15.3. The van der Waals surface area contributed by atoms with Crippen LogP contribution in [0, 0.1) is 18.2 Å². The number of aryl methyl sites for hydroxylation is 1. The Labute approximate surface area is 259 Å². The molecule has 0 atom stereocenters. The number of allylic oxidation sites excluding steroid dienone is 5. The summed E-state index contributed by atoms with van der Waals surface area (Å²) in [6.07, 6.45) is 13.7.